The van der Waals surface area contributed by atoms with Crippen LogP contribution in [-0.4, -0.2) is 46.9 Å². The molecule has 1 amide bonds. The Balaban J connectivity index is 1.44. The topological polar surface area (TPSA) is 36.4 Å². The van der Waals surface area contributed by atoms with Crippen LogP contribution in [0.3, 0.4) is 0 Å². The average molecular weight is 351 g/mol. The van der Waals surface area contributed by atoms with E-state index in [9.17, 15) is 4.79 Å². The van der Waals surface area contributed by atoms with Gasteiger partial charge < -0.3 is 4.90 Å². The largest absolute Gasteiger partial charge is 0.340 e. The summed E-state index contributed by atoms with van der Waals surface area (Å²) in [7, 11) is 0. The summed E-state index contributed by atoms with van der Waals surface area (Å²) in [5.41, 5.74) is 3.72. The maximum atomic E-state index is 12.6. The molecule has 0 atom stereocenters. The second kappa shape index (κ2) is 9.48. The van der Waals surface area contributed by atoms with Crippen LogP contribution in [0.1, 0.15) is 36.5 Å². The van der Waals surface area contributed by atoms with E-state index < -0.39 is 0 Å². The normalized spacial score (nSPS) is 15.2. The zero-order valence-corrected chi connectivity index (χ0v) is 15.7. The summed E-state index contributed by atoms with van der Waals surface area (Å²) >= 11 is 0. The minimum atomic E-state index is 0.243. The van der Waals surface area contributed by atoms with Gasteiger partial charge in [0.05, 0.1) is 6.42 Å². The Morgan fingerprint density at radius 1 is 1.00 bits per heavy atom. The van der Waals surface area contributed by atoms with Crippen molar-refractivity contribution < 1.29 is 4.79 Å². The lowest BCUT2D eigenvalue weighted by Crippen LogP contribution is -2.48. The molecule has 1 aliphatic heterocycles. The quantitative estimate of drug-likeness (QED) is 0.768. The zero-order chi connectivity index (χ0) is 18.2. The number of carbonyl (C=O) groups excluding carboxylic acids is 1. The molecule has 0 unspecified atom stereocenters. The molecule has 2 heterocycles. The van der Waals surface area contributed by atoms with Gasteiger partial charge in [0.15, 0.2) is 0 Å². The number of amides is 1. The van der Waals surface area contributed by atoms with E-state index in [0.717, 1.165) is 44.7 Å². The Kier molecular flexibility index (Phi) is 6.78. The molecule has 1 fully saturated rings. The zero-order valence-electron chi connectivity index (χ0n) is 15.7. The van der Waals surface area contributed by atoms with Crippen molar-refractivity contribution in [2.24, 2.45) is 0 Å². The molecule has 1 aliphatic rings. The first-order chi connectivity index (χ1) is 12.7. The van der Waals surface area contributed by atoms with Gasteiger partial charge in [-0.25, -0.2) is 0 Å². The van der Waals surface area contributed by atoms with Crippen LogP contribution in [0.4, 0.5) is 0 Å². The molecule has 0 aliphatic carbocycles. The Morgan fingerprint density at radius 2 is 1.73 bits per heavy atom. The Hall–Kier alpha value is -2.20. The van der Waals surface area contributed by atoms with Gasteiger partial charge in [0.1, 0.15) is 0 Å². The lowest BCUT2D eigenvalue weighted by Gasteiger charge is -2.34. The van der Waals surface area contributed by atoms with E-state index in [1.165, 1.54) is 24.0 Å². The van der Waals surface area contributed by atoms with Gasteiger partial charge in [0.2, 0.25) is 5.91 Å². The monoisotopic (exact) mass is 351 g/mol. The average Bonchev–Trinajstić information content (AvgIpc) is 2.69. The fraction of sp³-hybridized carbons (Fsp3) is 0.455. The van der Waals surface area contributed by atoms with E-state index in [1.807, 2.05) is 17.2 Å². The molecule has 0 N–H and O–H groups in total. The first-order valence-corrected chi connectivity index (χ1v) is 9.71. The molecular weight excluding hydrogens is 322 g/mol. The number of aromatic nitrogens is 1. The van der Waals surface area contributed by atoms with E-state index >= 15 is 0 Å². The smallest absolute Gasteiger partial charge is 0.227 e. The van der Waals surface area contributed by atoms with Crippen LogP contribution in [0.5, 0.6) is 0 Å². The number of benzene rings is 1. The first-order valence-electron chi connectivity index (χ1n) is 9.71. The summed E-state index contributed by atoms with van der Waals surface area (Å²) in [6, 6.07) is 12.6. The van der Waals surface area contributed by atoms with Crippen LogP contribution in [0.15, 0.2) is 48.8 Å². The van der Waals surface area contributed by atoms with Crippen LogP contribution in [-0.2, 0) is 24.2 Å². The molecule has 4 heteroatoms. The highest BCUT2D eigenvalue weighted by atomic mass is 16.2. The number of nitrogens with zero attached hydrogens (tertiary/aromatic N) is 3. The third kappa shape index (κ3) is 5.40. The SMILES string of the molecule is CCCCc1ccc(CC(=O)N2CCN(Cc3cccnc3)CC2)cc1. The van der Waals surface area contributed by atoms with Crippen LogP contribution in [0.2, 0.25) is 0 Å². The first kappa shape index (κ1) is 18.6. The molecule has 0 radical (unpaired) electrons. The summed E-state index contributed by atoms with van der Waals surface area (Å²) in [5.74, 6) is 0.243. The van der Waals surface area contributed by atoms with E-state index in [4.69, 9.17) is 0 Å². The van der Waals surface area contributed by atoms with Crippen LogP contribution in [0.25, 0.3) is 0 Å². The van der Waals surface area contributed by atoms with Crippen molar-refractivity contribution in [3.8, 4) is 0 Å². The summed E-state index contributed by atoms with van der Waals surface area (Å²) in [5, 5.41) is 0. The summed E-state index contributed by atoms with van der Waals surface area (Å²) in [4.78, 5) is 21.2. The summed E-state index contributed by atoms with van der Waals surface area (Å²) < 4.78 is 0. The van der Waals surface area contributed by atoms with Crippen LogP contribution in [0, 0.1) is 0 Å². The van der Waals surface area contributed by atoms with Gasteiger partial charge in [0, 0.05) is 45.1 Å². The van der Waals surface area contributed by atoms with Gasteiger partial charge in [-0.05, 0) is 35.6 Å². The molecule has 138 valence electrons. The van der Waals surface area contributed by atoms with E-state index in [2.05, 4.69) is 47.1 Å². The van der Waals surface area contributed by atoms with Gasteiger partial charge in [-0.3, -0.25) is 14.7 Å². The standard InChI is InChI=1S/C22H29N3O/c1-2-3-5-19-7-9-20(10-8-19)16-22(26)25-14-12-24(13-15-25)18-21-6-4-11-23-17-21/h4,6-11,17H,2-3,5,12-16,18H2,1H3. The van der Waals surface area contributed by atoms with Gasteiger partial charge in [-0.2, -0.15) is 0 Å². The summed E-state index contributed by atoms with van der Waals surface area (Å²) in [6.45, 7) is 6.60. The van der Waals surface area contributed by atoms with Gasteiger partial charge >= 0.3 is 0 Å². The molecular formula is C22H29N3O. The predicted molar refractivity (Wildman–Crippen MR) is 105 cm³/mol. The number of hydrogen-bond acceptors (Lipinski definition) is 3. The number of piperazine rings is 1. The summed E-state index contributed by atoms with van der Waals surface area (Å²) in [6.07, 6.45) is 7.80. The highest BCUT2D eigenvalue weighted by Crippen LogP contribution is 2.12. The maximum Gasteiger partial charge on any atom is 0.227 e. The van der Waals surface area contributed by atoms with E-state index in [1.54, 1.807) is 6.20 Å². The molecule has 26 heavy (non-hydrogen) atoms. The third-order valence-corrected chi connectivity index (χ3v) is 5.05. The van der Waals surface area contributed by atoms with Gasteiger partial charge in [-0.15, -0.1) is 0 Å². The predicted octanol–water partition coefficient (Wildman–Crippen LogP) is 3.31. The van der Waals surface area contributed by atoms with Gasteiger partial charge in [-0.1, -0.05) is 43.7 Å². The second-order valence-electron chi connectivity index (χ2n) is 7.12. The molecule has 3 rings (SSSR count). The molecule has 0 bridgehead atoms. The maximum absolute atomic E-state index is 12.6. The Morgan fingerprint density at radius 3 is 2.38 bits per heavy atom. The van der Waals surface area contributed by atoms with Crippen molar-refractivity contribution in [3.63, 3.8) is 0 Å². The highest BCUT2D eigenvalue weighted by Gasteiger charge is 2.21. The molecule has 0 saturated carbocycles. The van der Waals surface area contributed by atoms with Crippen molar-refractivity contribution in [1.29, 1.82) is 0 Å². The highest BCUT2D eigenvalue weighted by molar-refractivity contribution is 5.78. The minimum absolute atomic E-state index is 0.243. The molecule has 0 spiro atoms. The molecule has 4 nitrogen and oxygen atoms in total. The number of carbonyl (C=O) groups is 1. The fourth-order valence-electron chi connectivity index (χ4n) is 3.40. The number of hydrogen-bond donors (Lipinski definition) is 0. The van der Waals surface area contributed by atoms with Gasteiger partial charge in [0.25, 0.3) is 0 Å². The van der Waals surface area contributed by atoms with Crippen molar-refractivity contribution in [1.82, 2.24) is 14.8 Å². The number of pyridine rings is 1. The molecule has 1 saturated heterocycles. The molecule has 1 aromatic heterocycles. The molecule has 2 aromatic rings. The minimum Gasteiger partial charge on any atom is -0.340 e. The number of aryl methyl sites for hydroxylation is 1. The van der Waals surface area contributed by atoms with Crippen molar-refractivity contribution >= 4 is 5.91 Å². The number of rotatable bonds is 7. The number of unbranched alkanes of at least 4 members (excludes halogenated alkanes) is 1. The van der Waals surface area contributed by atoms with E-state index in [0.29, 0.717) is 6.42 Å². The Bertz CT molecular complexity index is 676. The lowest BCUT2D eigenvalue weighted by molar-refractivity contribution is -0.132. The fourth-order valence-corrected chi connectivity index (χ4v) is 3.40. The van der Waals surface area contributed by atoms with Crippen LogP contribution < -0.4 is 0 Å². The van der Waals surface area contributed by atoms with Crippen LogP contribution >= 0.6 is 0 Å². The van der Waals surface area contributed by atoms with Crippen molar-refractivity contribution in [2.75, 3.05) is 26.2 Å². The lowest BCUT2D eigenvalue weighted by atomic mass is 10.0. The third-order valence-electron chi connectivity index (χ3n) is 5.05. The molecule has 1 aromatic carbocycles. The van der Waals surface area contributed by atoms with E-state index in [-0.39, 0.29) is 5.91 Å². The van der Waals surface area contributed by atoms with Crippen molar-refractivity contribution in [2.45, 2.75) is 39.2 Å². The van der Waals surface area contributed by atoms with Crippen molar-refractivity contribution in [3.05, 3.63) is 65.5 Å². The Labute approximate surface area is 156 Å². The second-order valence-corrected chi connectivity index (χ2v) is 7.12.